The number of hydrogen-bond acceptors (Lipinski definition) is 2. The summed E-state index contributed by atoms with van der Waals surface area (Å²) < 4.78 is 0. The zero-order chi connectivity index (χ0) is 15.5. The van der Waals surface area contributed by atoms with E-state index >= 15 is 0 Å². The van der Waals surface area contributed by atoms with Gasteiger partial charge in [0, 0.05) is 17.1 Å². The summed E-state index contributed by atoms with van der Waals surface area (Å²) >= 11 is 5.94. The van der Waals surface area contributed by atoms with Gasteiger partial charge in [-0.3, -0.25) is 9.59 Å². The number of amides is 1. The Morgan fingerprint density at radius 3 is 2.52 bits per heavy atom. The zero-order valence-corrected chi connectivity index (χ0v) is 12.9. The first kappa shape index (κ1) is 15.8. The molecule has 0 aliphatic heterocycles. The van der Waals surface area contributed by atoms with E-state index in [9.17, 15) is 14.7 Å². The van der Waals surface area contributed by atoms with E-state index in [4.69, 9.17) is 11.6 Å². The quantitative estimate of drug-likeness (QED) is 0.895. The second-order valence-corrected chi connectivity index (χ2v) is 6.20. The van der Waals surface area contributed by atoms with Crippen LogP contribution in [0.3, 0.4) is 0 Å². The van der Waals surface area contributed by atoms with Crippen molar-refractivity contribution in [1.29, 1.82) is 0 Å². The molecule has 4 nitrogen and oxygen atoms in total. The molecule has 2 rings (SSSR count). The van der Waals surface area contributed by atoms with E-state index in [1.54, 1.807) is 18.2 Å². The summed E-state index contributed by atoms with van der Waals surface area (Å²) in [5.41, 5.74) is 0.526. The molecule has 1 amide bonds. The van der Waals surface area contributed by atoms with Gasteiger partial charge in [0.05, 0.1) is 5.41 Å². The normalized spacial score (nSPS) is 17.2. The number of carboxylic acid groups (broad SMARTS) is 1. The summed E-state index contributed by atoms with van der Waals surface area (Å²) in [5.74, 6) is -1.06. The second kappa shape index (κ2) is 6.48. The van der Waals surface area contributed by atoms with Gasteiger partial charge in [-0.05, 0) is 43.5 Å². The molecule has 0 atom stereocenters. The van der Waals surface area contributed by atoms with Crippen LogP contribution in [0.5, 0.6) is 0 Å². The van der Waals surface area contributed by atoms with E-state index in [1.807, 2.05) is 6.92 Å². The van der Waals surface area contributed by atoms with Crippen LogP contribution in [0.15, 0.2) is 18.2 Å². The fourth-order valence-corrected chi connectivity index (χ4v) is 2.95. The van der Waals surface area contributed by atoms with Gasteiger partial charge in [-0.25, -0.2) is 0 Å². The molecule has 1 saturated carbocycles. The van der Waals surface area contributed by atoms with Crippen molar-refractivity contribution in [3.63, 3.8) is 0 Å². The number of halogens is 1. The average molecular weight is 310 g/mol. The van der Waals surface area contributed by atoms with Crippen LogP contribution in [0, 0.1) is 12.3 Å². The van der Waals surface area contributed by atoms with Gasteiger partial charge in [-0.2, -0.15) is 0 Å². The number of nitrogens with one attached hydrogen (secondary N) is 1. The molecule has 0 saturated heterocycles. The maximum atomic E-state index is 12.2. The predicted molar refractivity (Wildman–Crippen MR) is 81.7 cm³/mol. The minimum absolute atomic E-state index is 0.183. The summed E-state index contributed by atoms with van der Waals surface area (Å²) in [7, 11) is 0. The van der Waals surface area contributed by atoms with Crippen molar-refractivity contribution in [2.24, 2.45) is 5.41 Å². The first-order valence-electron chi connectivity index (χ1n) is 7.22. The molecular weight excluding hydrogens is 290 g/mol. The summed E-state index contributed by atoms with van der Waals surface area (Å²) in [4.78, 5) is 23.7. The van der Waals surface area contributed by atoms with E-state index in [1.165, 1.54) is 0 Å². The standard InChI is InChI=1S/C16H20ClNO3/c1-11-9-12(5-6-13(11)17)14(19)18-10-16(15(20)21)7-3-2-4-8-16/h5-6,9H,2-4,7-8,10H2,1H3,(H,18,19)(H,20,21). The van der Waals surface area contributed by atoms with Crippen molar-refractivity contribution in [2.75, 3.05) is 6.54 Å². The second-order valence-electron chi connectivity index (χ2n) is 5.79. The highest BCUT2D eigenvalue weighted by Gasteiger charge is 2.39. The molecule has 1 aromatic rings. The highest BCUT2D eigenvalue weighted by Crippen LogP contribution is 2.36. The Morgan fingerprint density at radius 2 is 1.95 bits per heavy atom. The molecule has 1 fully saturated rings. The smallest absolute Gasteiger partial charge is 0.311 e. The van der Waals surface area contributed by atoms with Crippen molar-refractivity contribution < 1.29 is 14.7 Å². The fraction of sp³-hybridized carbons (Fsp3) is 0.500. The summed E-state index contributed by atoms with van der Waals surface area (Å²) in [6, 6.07) is 5.05. The topological polar surface area (TPSA) is 66.4 Å². The molecule has 0 heterocycles. The Hall–Kier alpha value is -1.55. The number of rotatable bonds is 4. The van der Waals surface area contributed by atoms with Crippen LogP contribution in [0.2, 0.25) is 5.02 Å². The highest BCUT2D eigenvalue weighted by molar-refractivity contribution is 6.31. The maximum Gasteiger partial charge on any atom is 0.311 e. The van der Waals surface area contributed by atoms with Gasteiger partial charge in [-0.1, -0.05) is 30.9 Å². The van der Waals surface area contributed by atoms with Crippen molar-refractivity contribution in [3.8, 4) is 0 Å². The number of benzene rings is 1. The lowest BCUT2D eigenvalue weighted by molar-refractivity contribution is -0.150. The van der Waals surface area contributed by atoms with E-state index in [0.717, 1.165) is 24.8 Å². The van der Waals surface area contributed by atoms with Crippen LogP contribution >= 0.6 is 11.6 Å². The number of carbonyl (C=O) groups is 2. The molecule has 21 heavy (non-hydrogen) atoms. The summed E-state index contributed by atoms with van der Waals surface area (Å²) in [6.45, 7) is 2.02. The van der Waals surface area contributed by atoms with Crippen LogP contribution in [0.1, 0.15) is 48.0 Å². The Balaban J connectivity index is 2.05. The molecule has 1 aliphatic carbocycles. The van der Waals surface area contributed by atoms with Crippen LogP contribution < -0.4 is 5.32 Å². The molecule has 0 aromatic heterocycles. The van der Waals surface area contributed by atoms with Gasteiger partial charge in [0.25, 0.3) is 5.91 Å². The SMILES string of the molecule is Cc1cc(C(=O)NCC2(C(=O)O)CCCCC2)ccc1Cl. The van der Waals surface area contributed by atoms with Gasteiger partial charge in [0.15, 0.2) is 0 Å². The molecule has 2 N–H and O–H groups in total. The third kappa shape index (κ3) is 3.56. The third-order valence-electron chi connectivity index (χ3n) is 4.27. The van der Waals surface area contributed by atoms with Crippen LogP contribution in [-0.4, -0.2) is 23.5 Å². The highest BCUT2D eigenvalue weighted by atomic mass is 35.5. The maximum absolute atomic E-state index is 12.2. The molecule has 1 aliphatic rings. The number of carboxylic acids is 1. The van der Waals surface area contributed by atoms with Gasteiger partial charge in [-0.15, -0.1) is 0 Å². The largest absolute Gasteiger partial charge is 0.481 e. The molecule has 0 bridgehead atoms. The van der Waals surface area contributed by atoms with Crippen LogP contribution in [0.25, 0.3) is 0 Å². The third-order valence-corrected chi connectivity index (χ3v) is 4.70. The first-order chi connectivity index (χ1) is 9.94. The van der Waals surface area contributed by atoms with Crippen LogP contribution in [0.4, 0.5) is 0 Å². The number of carbonyl (C=O) groups excluding carboxylic acids is 1. The lowest BCUT2D eigenvalue weighted by atomic mass is 9.74. The molecule has 0 radical (unpaired) electrons. The van der Waals surface area contributed by atoms with Gasteiger partial charge >= 0.3 is 5.97 Å². The monoisotopic (exact) mass is 309 g/mol. The van der Waals surface area contributed by atoms with Gasteiger partial charge < -0.3 is 10.4 Å². The van der Waals surface area contributed by atoms with E-state index in [0.29, 0.717) is 23.4 Å². The zero-order valence-electron chi connectivity index (χ0n) is 12.1. The minimum atomic E-state index is -0.810. The molecule has 1 aromatic carbocycles. The van der Waals surface area contributed by atoms with E-state index in [-0.39, 0.29) is 12.5 Å². The summed E-state index contributed by atoms with van der Waals surface area (Å²) in [5, 5.41) is 12.9. The lowest BCUT2D eigenvalue weighted by Crippen LogP contribution is -2.44. The van der Waals surface area contributed by atoms with Crippen molar-refractivity contribution in [1.82, 2.24) is 5.32 Å². The molecule has 0 unspecified atom stereocenters. The van der Waals surface area contributed by atoms with Gasteiger partial charge in [0.2, 0.25) is 0 Å². The molecule has 0 spiro atoms. The van der Waals surface area contributed by atoms with Crippen LogP contribution in [-0.2, 0) is 4.79 Å². The number of aliphatic carboxylic acids is 1. The Kier molecular flexibility index (Phi) is 4.88. The number of hydrogen-bond donors (Lipinski definition) is 2. The Bertz CT molecular complexity index is 550. The summed E-state index contributed by atoms with van der Waals surface area (Å²) in [6.07, 6.45) is 4.13. The molecule has 114 valence electrons. The Morgan fingerprint density at radius 1 is 1.29 bits per heavy atom. The van der Waals surface area contributed by atoms with Crippen molar-refractivity contribution >= 4 is 23.5 Å². The van der Waals surface area contributed by atoms with E-state index in [2.05, 4.69) is 5.32 Å². The van der Waals surface area contributed by atoms with Gasteiger partial charge in [0.1, 0.15) is 0 Å². The fourth-order valence-electron chi connectivity index (χ4n) is 2.83. The van der Waals surface area contributed by atoms with Crippen molar-refractivity contribution in [3.05, 3.63) is 34.3 Å². The lowest BCUT2D eigenvalue weighted by Gasteiger charge is -2.33. The average Bonchev–Trinajstić information content (AvgIpc) is 2.48. The molecular formula is C16H20ClNO3. The Labute approximate surface area is 129 Å². The number of aryl methyl sites for hydroxylation is 1. The van der Waals surface area contributed by atoms with Crippen molar-refractivity contribution in [2.45, 2.75) is 39.0 Å². The first-order valence-corrected chi connectivity index (χ1v) is 7.60. The van der Waals surface area contributed by atoms with E-state index < -0.39 is 11.4 Å². The minimum Gasteiger partial charge on any atom is -0.481 e. The molecule has 5 heteroatoms. The predicted octanol–water partition coefficient (Wildman–Crippen LogP) is 3.41.